The van der Waals surface area contributed by atoms with Gasteiger partial charge in [0.2, 0.25) is 0 Å². The van der Waals surface area contributed by atoms with Crippen molar-refractivity contribution in [1.29, 1.82) is 10.5 Å². The van der Waals surface area contributed by atoms with Gasteiger partial charge in [0.15, 0.2) is 4.47 Å². The molecule has 0 saturated heterocycles. The molecule has 0 unspecified atom stereocenters. The van der Waals surface area contributed by atoms with Crippen LogP contribution in [0, 0.1) is 28.1 Å². The first kappa shape index (κ1) is 14.7. The molecule has 0 radical (unpaired) electrons. The van der Waals surface area contributed by atoms with Crippen LogP contribution in [-0.4, -0.2) is 11.2 Å². The number of aromatic nitrogens is 1. The Hall–Kier alpha value is -1.31. The summed E-state index contributed by atoms with van der Waals surface area (Å²) in [4.78, 5) is 4.24. The average molecular weight is 294 g/mol. The van der Waals surface area contributed by atoms with Crippen molar-refractivity contribution in [2.45, 2.75) is 25.4 Å². The van der Waals surface area contributed by atoms with E-state index in [1.165, 1.54) is 6.20 Å². The van der Waals surface area contributed by atoms with Crippen LogP contribution in [0.3, 0.4) is 0 Å². The molecule has 0 aromatic carbocycles. The van der Waals surface area contributed by atoms with Gasteiger partial charge in [-0.05, 0) is 6.42 Å². The van der Waals surface area contributed by atoms with Crippen LogP contribution in [-0.2, 0) is 6.42 Å². The molecule has 3 nitrogen and oxygen atoms in total. The molecule has 0 atom stereocenters. The van der Waals surface area contributed by atoms with Crippen LogP contribution in [0.2, 0.25) is 4.47 Å². The molecular formula is C10H7ClF3N3S. The number of halogens is 4. The van der Waals surface area contributed by atoms with Gasteiger partial charge in [-0.15, -0.1) is 11.3 Å². The van der Waals surface area contributed by atoms with Crippen LogP contribution in [0.4, 0.5) is 13.2 Å². The Morgan fingerprint density at radius 1 is 1.28 bits per heavy atom. The molecule has 1 rings (SSSR count). The van der Waals surface area contributed by atoms with Crippen LogP contribution >= 0.6 is 22.9 Å². The Bertz CT molecular complexity index is 484. The molecular weight excluding hydrogens is 287 g/mol. The van der Waals surface area contributed by atoms with Crippen molar-refractivity contribution in [3.63, 3.8) is 0 Å². The van der Waals surface area contributed by atoms with Gasteiger partial charge in [-0.25, -0.2) is 4.98 Å². The smallest absolute Gasteiger partial charge is 0.233 e. The fourth-order valence-electron chi connectivity index (χ4n) is 1.32. The van der Waals surface area contributed by atoms with Crippen molar-refractivity contribution in [2.24, 2.45) is 5.41 Å². The Kier molecular flexibility index (Phi) is 4.55. The summed E-state index contributed by atoms with van der Waals surface area (Å²) in [7, 11) is 0. The molecule has 0 N–H and O–H groups in total. The Balaban J connectivity index is 2.82. The number of alkyl halides is 3. The summed E-state index contributed by atoms with van der Waals surface area (Å²) in [5.74, 6) is 0. The van der Waals surface area contributed by atoms with Crippen molar-refractivity contribution < 1.29 is 13.2 Å². The summed E-state index contributed by atoms with van der Waals surface area (Å²) in [6.45, 7) is 0. The third-order valence-corrected chi connectivity index (χ3v) is 3.38. The maximum Gasteiger partial charge on any atom is 0.389 e. The summed E-state index contributed by atoms with van der Waals surface area (Å²) < 4.78 is 36.7. The van der Waals surface area contributed by atoms with Gasteiger partial charge >= 0.3 is 6.18 Å². The molecule has 0 aliphatic carbocycles. The molecule has 0 aliphatic rings. The van der Waals surface area contributed by atoms with E-state index < -0.39 is 24.4 Å². The fourth-order valence-corrected chi connectivity index (χ4v) is 2.41. The molecule has 0 aliphatic heterocycles. The highest BCUT2D eigenvalue weighted by Crippen LogP contribution is 2.34. The van der Waals surface area contributed by atoms with Crippen molar-refractivity contribution in [1.82, 2.24) is 4.98 Å². The minimum Gasteiger partial charge on any atom is -0.233 e. The van der Waals surface area contributed by atoms with Gasteiger partial charge in [-0.3, -0.25) is 0 Å². The van der Waals surface area contributed by atoms with E-state index in [-0.39, 0.29) is 10.9 Å². The van der Waals surface area contributed by atoms with Gasteiger partial charge in [0.05, 0.1) is 12.1 Å². The summed E-state index contributed by atoms with van der Waals surface area (Å²) in [6, 6.07) is 3.34. The maximum absolute atomic E-state index is 12.2. The van der Waals surface area contributed by atoms with Gasteiger partial charge in [0, 0.05) is 23.9 Å². The van der Waals surface area contributed by atoms with E-state index >= 15 is 0 Å². The molecule has 0 fully saturated rings. The maximum atomic E-state index is 12.2. The molecule has 1 aromatic rings. The van der Waals surface area contributed by atoms with E-state index in [1.54, 1.807) is 12.1 Å². The number of rotatable bonds is 4. The Morgan fingerprint density at radius 3 is 2.28 bits per heavy atom. The number of nitrogens with zero attached hydrogens (tertiary/aromatic N) is 3. The normalized spacial score (nSPS) is 11.9. The monoisotopic (exact) mass is 293 g/mol. The third-order valence-electron chi connectivity index (χ3n) is 2.26. The molecule has 8 heteroatoms. The topological polar surface area (TPSA) is 60.5 Å². The minimum atomic E-state index is -4.38. The molecule has 18 heavy (non-hydrogen) atoms. The SMILES string of the molecule is N#CC(C#N)(CCC(F)(F)F)Cc1cnc(Cl)s1. The highest BCUT2D eigenvalue weighted by molar-refractivity contribution is 7.15. The summed E-state index contributed by atoms with van der Waals surface area (Å²) in [6.07, 6.45) is -4.84. The van der Waals surface area contributed by atoms with Crippen molar-refractivity contribution >= 4 is 22.9 Å². The standard InChI is InChI=1S/C10H7ClF3N3S/c11-8-17-4-7(18-8)3-9(5-15,6-16)1-2-10(12,13)14/h4H,1-3H2. The van der Waals surface area contributed by atoms with Crippen LogP contribution in [0.25, 0.3) is 0 Å². The predicted molar refractivity (Wildman–Crippen MR) is 59.8 cm³/mol. The Labute approximate surface area is 110 Å². The summed E-state index contributed by atoms with van der Waals surface area (Å²) >= 11 is 6.64. The first-order valence-corrected chi connectivity index (χ1v) is 5.99. The fraction of sp³-hybridized carbons (Fsp3) is 0.500. The number of nitriles is 2. The van der Waals surface area contributed by atoms with E-state index in [0.717, 1.165) is 11.3 Å². The van der Waals surface area contributed by atoms with Crippen molar-refractivity contribution in [3.05, 3.63) is 15.5 Å². The van der Waals surface area contributed by atoms with Gasteiger partial charge in [0.1, 0.15) is 5.41 Å². The zero-order valence-corrected chi connectivity index (χ0v) is 10.5. The molecule has 1 aromatic heterocycles. The van der Waals surface area contributed by atoms with Gasteiger partial charge in [0.25, 0.3) is 0 Å². The quantitative estimate of drug-likeness (QED) is 0.850. The van der Waals surface area contributed by atoms with E-state index in [4.69, 9.17) is 22.1 Å². The summed E-state index contributed by atoms with van der Waals surface area (Å²) in [5.41, 5.74) is -1.69. The molecule has 0 spiro atoms. The van der Waals surface area contributed by atoms with Crippen LogP contribution in [0.1, 0.15) is 17.7 Å². The number of hydrogen-bond acceptors (Lipinski definition) is 4. The second-order valence-electron chi connectivity index (χ2n) is 3.68. The van der Waals surface area contributed by atoms with Gasteiger partial charge in [-0.2, -0.15) is 23.7 Å². The van der Waals surface area contributed by atoms with E-state index in [9.17, 15) is 13.2 Å². The lowest BCUT2D eigenvalue weighted by Crippen LogP contribution is -2.22. The molecule has 1 heterocycles. The van der Waals surface area contributed by atoms with Gasteiger partial charge in [-0.1, -0.05) is 11.6 Å². The van der Waals surface area contributed by atoms with E-state index in [1.807, 2.05) is 0 Å². The third kappa shape index (κ3) is 4.17. The van der Waals surface area contributed by atoms with E-state index in [2.05, 4.69) is 4.98 Å². The van der Waals surface area contributed by atoms with Crippen LogP contribution in [0.15, 0.2) is 6.20 Å². The first-order valence-electron chi connectivity index (χ1n) is 4.80. The van der Waals surface area contributed by atoms with Crippen molar-refractivity contribution in [3.8, 4) is 12.1 Å². The average Bonchev–Trinajstić information content (AvgIpc) is 2.69. The zero-order valence-electron chi connectivity index (χ0n) is 8.96. The van der Waals surface area contributed by atoms with Crippen molar-refractivity contribution in [2.75, 3.05) is 0 Å². The second-order valence-corrected chi connectivity index (χ2v) is 5.37. The van der Waals surface area contributed by atoms with Crippen LogP contribution in [0.5, 0.6) is 0 Å². The zero-order chi connectivity index (χ0) is 13.8. The number of hydrogen-bond donors (Lipinski definition) is 0. The lowest BCUT2D eigenvalue weighted by atomic mass is 9.82. The number of thiazole rings is 1. The second kappa shape index (κ2) is 5.55. The lowest BCUT2D eigenvalue weighted by Gasteiger charge is -2.18. The highest BCUT2D eigenvalue weighted by atomic mass is 35.5. The molecule has 0 amide bonds. The highest BCUT2D eigenvalue weighted by Gasteiger charge is 2.37. The lowest BCUT2D eigenvalue weighted by molar-refractivity contribution is -0.138. The minimum absolute atomic E-state index is 0.0968. The molecule has 96 valence electrons. The predicted octanol–water partition coefficient (Wildman–Crippen LogP) is 3.72. The largest absolute Gasteiger partial charge is 0.389 e. The van der Waals surface area contributed by atoms with E-state index in [0.29, 0.717) is 4.88 Å². The summed E-state index contributed by atoms with van der Waals surface area (Å²) in [5, 5.41) is 17.9. The first-order chi connectivity index (χ1) is 8.30. The van der Waals surface area contributed by atoms with Crippen LogP contribution < -0.4 is 0 Å². The molecule has 0 saturated carbocycles. The van der Waals surface area contributed by atoms with Gasteiger partial charge < -0.3 is 0 Å². The Morgan fingerprint density at radius 2 is 1.89 bits per heavy atom. The molecule has 0 bridgehead atoms.